The van der Waals surface area contributed by atoms with Gasteiger partial charge in [0, 0.05) is 5.39 Å². The summed E-state index contributed by atoms with van der Waals surface area (Å²) in [4.78, 5) is 18.9. The number of nitrogens with zero attached hydrogens (tertiary/aromatic N) is 2. The van der Waals surface area contributed by atoms with Gasteiger partial charge in [-0.2, -0.15) is 4.99 Å². The Morgan fingerprint density at radius 3 is 2.87 bits per heavy atom. The van der Waals surface area contributed by atoms with Gasteiger partial charge in [-0.1, -0.05) is 24.3 Å². The second-order valence-corrected chi connectivity index (χ2v) is 3.08. The Labute approximate surface area is 91.5 Å². The molecule has 72 valence electrons. The number of aliphatic imine (C=N–C) groups is 1. The first kappa shape index (κ1) is 9.65. The largest absolute Gasteiger partial charge is 0.304 e. The van der Waals surface area contributed by atoms with Gasteiger partial charge >= 0.3 is 5.91 Å². The molecule has 0 spiro atoms. The summed E-state index contributed by atoms with van der Waals surface area (Å²) in [6.07, 6.45) is 0. The van der Waals surface area contributed by atoms with Gasteiger partial charge in [-0.25, -0.2) is 4.98 Å². The van der Waals surface area contributed by atoms with E-state index in [0.717, 1.165) is 10.9 Å². The van der Waals surface area contributed by atoms with E-state index in [4.69, 9.17) is 0 Å². The minimum atomic E-state index is -0.462. The van der Waals surface area contributed by atoms with Crippen molar-refractivity contribution >= 4 is 34.2 Å². The maximum Gasteiger partial charge on any atom is 0.304 e. The van der Waals surface area contributed by atoms with Gasteiger partial charge in [-0.15, -0.1) is 0 Å². The zero-order chi connectivity index (χ0) is 10.7. The Kier molecular flexibility index (Phi) is 2.63. The smallest absolute Gasteiger partial charge is 0.264 e. The van der Waals surface area contributed by atoms with E-state index in [0.29, 0.717) is 0 Å². The highest BCUT2D eigenvalue weighted by atomic mass is 32.1. The van der Waals surface area contributed by atoms with E-state index >= 15 is 0 Å². The number of para-hydroxylation sites is 1. The van der Waals surface area contributed by atoms with Gasteiger partial charge < -0.3 is 0 Å². The number of pyridine rings is 1. The van der Waals surface area contributed by atoms with Crippen molar-refractivity contribution in [3.8, 4) is 0 Å². The van der Waals surface area contributed by atoms with Crippen LogP contribution in [-0.4, -0.2) is 16.1 Å². The van der Waals surface area contributed by atoms with Crippen LogP contribution < -0.4 is 0 Å². The number of rotatable bonds is 1. The van der Waals surface area contributed by atoms with Crippen LogP contribution in [0, 0.1) is 0 Å². The van der Waals surface area contributed by atoms with Crippen molar-refractivity contribution in [1.29, 1.82) is 0 Å². The number of thiocarbonyl (C=S) groups is 1. The maximum atomic E-state index is 11.3. The van der Waals surface area contributed by atoms with Crippen molar-refractivity contribution in [2.24, 2.45) is 4.99 Å². The standard InChI is InChI=1S/C11H6N2OS/c14-11(12-7-15)10-6-5-8-3-1-2-4-9(8)13-10/h1-6H. The zero-order valence-electron chi connectivity index (χ0n) is 7.68. The second kappa shape index (κ2) is 4.09. The fourth-order valence-electron chi connectivity index (χ4n) is 1.28. The Bertz CT molecular complexity index is 574. The van der Waals surface area contributed by atoms with Crippen molar-refractivity contribution in [1.82, 2.24) is 4.98 Å². The predicted octanol–water partition coefficient (Wildman–Crippen LogP) is 2.48. The lowest BCUT2D eigenvalue weighted by atomic mass is 10.2. The quantitative estimate of drug-likeness (QED) is 0.541. The molecule has 1 aromatic heterocycles. The minimum absolute atomic E-state index is 0.283. The summed E-state index contributed by atoms with van der Waals surface area (Å²) in [5.74, 6) is -0.462. The molecule has 2 aromatic rings. The Hall–Kier alpha value is -1.90. The van der Waals surface area contributed by atoms with Crippen LogP contribution in [0.5, 0.6) is 0 Å². The highest BCUT2D eigenvalue weighted by molar-refractivity contribution is 7.78. The van der Waals surface area contributed by atoms with Crippen LogP contribution in [0.4, 0.5) is 0 Å². The summed E-state index contributed by atoms with van der Waals surface area (Å²) in [6.45, 7) is 0. The summed E-state index contributed by atoms with van der Waals surface area (Å²) in [5, 5.41) is 3.02. The highest BCUT2D eigenvalue weighted by Gasteiger charge is 2.05. The summed E-state index contributed by atoms with van der Waals surface area (Å²) in [6, 6.07) is 11.0. The molecule has 3 nitrogen and oxygen atoms in total. The molecule has 0 atom stereocenters. The van der Waals surface area contributed by atoms with Gasteiger partial charge in [-0.05, 0) is 24.4 Å². The monoisotopic (exact) mass is 214 g/mol. The molecular formula is C11H6N2OS. The third-order valence-electron chi connectivity index (χ3n) is 1.96. The molecule has 0 N–H and O–H groups in total. The van der Waals surface area contributed by atoms with Crippen molar-refractivity contribution in [2.45, 2.75) is 0 Å². The highest BCUT2D eigenvalue weighted by Crippen LogP contribution is 2.11. The van der Waals surface area contributed by atoms with Crippen LogP contribution in [0.15, 0.2) is 41.4 Å². The van der Waals surface area contributed by atoms with E-state index in [1.165, 1.54) is 0 Å². The zero-order valence-corrected chi connectivity index (χ0v) is 8.49. The van der Waals surface area contributed by atoms with Crippen LogP contribution in [-0.2, 0) is 0 Å². The third kappa shape index (κ3) is 1.96. The van der Waals surface area contributed by atoms with Crippen LogP contribution >= 0.6 is 12.2 Å². The molecule has 0 aliphatic heterocycles. The molecule has 1 aromatic carbocycles. The first-order chi connectivity index (χ1) is 7.31. The number of isothiocyanates is 1. The van der Waals surface area contributed by atoms with E-state index in [1.807, 2.05) is 35.5 Å². The predicted molar refractivity (Wildman–Crippen MR) is 61.1 cm³/mol. The average Bonchev–Trinajstić information content (AvgIpc) is 2.29. The van der Waals surface area contributed by atoms with Gasteiger partial charge in [0.2, 0.25) is 0 Å². The Balaban J connectivity index is 2.56. The number of carbonyl (C=O) groups excluding carboxylic acids is 1. The van der Waals surface area contributed by atoms with Gasteiger partial charge in [-0.3, -0.25) is 4.79 Å². The van der Waals surface area contributed by atoms with Crippen molar-refractivity contribution in [3.63, 3.8) is 0 Å². The van der Waals surface area contributed by atoms with E-state index in [-0.39, 0.29) is 5.69 Å². The van der Waals surface area contributed by atoms with Crippen LogP contribution in [0.25, 0.3) is 10.9 Å². The summed E-state index contributed by atoms with van der Waals surface area (Å²) in [7, 11) is 0. The lowest BCUT2D eigenvalue weighted by Crippen LogP contribution is -1.97. The average molecular weight is 214 g/mol. The van der Waals surface area contributed by atoms with Gasteiger partial charge in [0.05, 0.1) is 10.7 Å². The molecule has 0 bridgehead atoms. The lowest BCUT2D eigenvalue weighted by Gasteiger charge is -1.97. The Morgan fingerprint density at radius 1 is 1.27 bits per heavy atom. The first-order valence-electron chi connectivity index (χ1n) is 4.29. The van der Waals surface area contributed by atoms with E-state index in [9.17, 15) is 4.79 Å². The van der Waals surface area contributed by atoms with Gasteiger partial charge in [0.1, 0.15) is 5.69 Å². The molecule has 0 fully saturated rings. The van der Waals surface area contributed by atoms with Gasteiger partial charge in [0.25, 0.3) is 0 Å². The maximum absolute atomic E-state index is 11.3. The van der Waals surface area contributed by atoms with E-state index < -0.39 is 5.91 Å². The molecular weight excluding hydrogens is 208 g/mol. The van der Waals surface area contributed by atoms with Crippen LogP contribution in [0.1, 0.15) is 10.5 Å². The molecule has 2 rings (SSSR count). The SMILES string of the molecule is O=C(N=C=S)c1ccc2ccccc2n1. The number of carbonyl (C=O) groups is 1. The van der Waals surface area contributed by atoms with Crippen molar-refractivity contribution in [2.75, 3.05) is 0 Å². The topological polar surface area (TPSA) is 42.3 Å². The molecule has 15 heavy (non-hydrogen) atoms. The molecule has 4 heteroatoms. The summed E-state index contributed by atoms with van der Waals surface area (Å²) in [5.41, 5.74) is 1.05. The van der Waals surface area contributed by atoms with Crippen LogP contribution in [0.2, 0.25) is 0 Å². The summed E-state index contributed by atoms with van der Waals surface area (Å²) < 4.78 is 0. The molecule has 0 aliphatic carbocycles. The summed E-state index contributed by atoms with van der Waals surface area (Å²) >= 11 is 4.36. The molecule has 0 saturated heterocycles. The normalized spacial score (nSPS) is 9.60. The molecule has 0 radical (unpaired) electrons. The van der Waals surface area contributed by atoms with E-state index in [2.05, 4.69) is 22.2 Å². The Morgan fingerprint density at radius 2 is 2.07 bits per heavy atom. The fourth-order valence-corrected chi connectivity index (χ4v) is 1.37. The molecule has 0 unspecified atom stereocenters. The number of aromatic nitrogens is 1. The molecule has 0 saturated carbocycles. The first-order valence-corrected chi connectivity index (χ1v) is 4.70. The fraction of sp³-hybridized carbons (Fsp3) is 0. The third-order valence-corrected chi connectivity index (χ3v) is 2.06. The number of fused-ring (bicyclic) bond motifs is 1. The molecule has 1 amide bonds. The number of benzene rings is 1. The number of hydrogen-bond donors (Lipinski definition) is 0. The molecule has 0 aliphatic rings. The second-order valence-electron chi connectivity index (χ2n) is 2.90. The van der Waals surface area contributed by atoms with Gasteiger partial charge in [0.15, 0.2) is 0 Å². The number of amides is 1. The van der Waals surface area contributed by atoms with Crippen molar-refractivity contribution < 1.29 is 4.79 Å². The number of hydrogen-bond acceptors (Lipinski definition) is 3. The van der Waals surface area contributed by atoms with E-state index in [1.54, 1.807) is 6.07 Å². The minimum Gasteiger partial charge on any atom is -0.264 e. The lowest BCUT2D eigenvalue weighted by molar-refractivity contribution is 0.0999. The van der Waals surface area contributed by atoms with Crippen LogP contribution in [0.3, 0.4) is 0 Å². The van der Waals surface area contributed by atoms with Crippen molar-refractivity contribution in [3.05, 3.63) is 42.1 Å². The molecule has 1 heterocycles.